The molecule has 1 N–H and O–H groups in total. The zero-order valence-electron chi connectivity index (χ0n) is 17.9. The number of carboxylic acids is 1. The number of hydrogen-bond acceptors (Lipinski definition) is 2. The van der Waals surface area contributed by atoms with Gasteiger partial charge in [-0.1, -0.05) is 80.1 Å². The molecule has 0 aromatic carbocycles. The van der Waals surface area contributed by atoms with E-state index in [1.165, 1.54) is 38.5 Å². The smallest absolute Gasteiger partial charge is 0.317 e. The highest BCUT2D eigenvalue weighted by Gasteiger charge is 2.13. The predicted molar refractivity (Wildman–Crippen MR) is 109 cm³/mol. The molecule has 3 nitrogen and oxygen atoms in total. The van der Waals surface area contributed by atoms with Crippen LogP contribution in [0.4, 0.5) is 0 Å². The van der Waals surface area contributed by atoms with Gasteiger partial charge in [0.25, 0.3) is 0 Å². The Kier molecular flexibility index (Phi) is 14.3. The van der Waals surface area contributed by atoms with E-state index in [1.807, 2.05) is 0 Å². The lowest BCUT2D eigenvalue weighted by atomic mass is 9.96. The second kappa shape index (κ2) is 14.6. The Morgan fingerprint density at radius 2 is 1.12 bits per heavy atom. The number of carboxylic acid groups (broad SMARTS) is 1. The molecule has 0 aromatic heterocycles. The van der Waals surface area contributed by atoms with Crippen LogP contribution in [-0.2, 0) is 4.79 Å². The van der Waals surface area contributed by atoms with Crippen molar-refractivity contribution in [1.82, 2.24) is 4.90 Å². The van der Waals surface area contributed by atoms with Crippen molar-refractivity contribution in [2.24, 2.45) is 23.7 Å². The fraction of sp³-hybridized carbons (Fsp3) is 0.955. The van der Waals surface area contributed by atoms with Gasteiger partial charge in [-0.15, -0.1) is 0 Å². The summed E-state index contributed by atoms with van der Waals surface area (Å²) in [4.78, 5) is 13.3. The number of aliphatic carboxylic acids is 1. The minimum atomic E-state index is -0.695. The van der Waals surface area contributed by atoms with Gasteiger partial charge >= 0.3 is 5.97 Å². The van der Waals surface area contributed by atoms with E-state index in [1.54, 1.807) is 0 Å². The number of nitrogens with zero attached hydrogens (tertiary/aromatic N) is 1. The van der Waals surface area contributed by atoms with E-state index in [9.17, 15) is 9.90 Å². The van der Waals surface area contributed by atoms with Crippen molar-refractivity contribution >= 4 is 5.97 Å². The summed E-state index contributed by atoms with van der Waals surface area (Å²) in [6, 6.07) is 0. The van der Waals surface area contributed by atoms with Crippen LogP contribution in [0.1, 0.15) is 92.9 Å². The van der Waals surface area contributed by atoms with E-state index in [4.69, 9.17) is 0 Å². The van der Waals surface area contributed by atoms with Crippen molar-refractivity contribution in [2.45, 2.75) is 92.9 Å². The third-order valence-corrected chi connectivity index (χ3v) is 5.19. The van der Waals surface area contributed by atoms with Crippen molar-refractivity contribution in [3.63, 3.8) is 0 Å². The molecule has 0 fully saturated rings. The normalized spacial score (nSPS) is 14.4. The number of carbonyl (C=O) groups is 1. The summed E-state index contributed by atoms with van der Waals surface area (Å²) >= 11 is 0. The van der Waals surface area contributed by atoms with Gasteiger partial charge in [0.05, 0.1) is 6.54 Å². The van der Waals surface area contributed by atoms with Crippen molar-refractivity contribution in [2.75, 3.05) is 19.6 Å². The van der Waals surface area contributed by atoms with Gasteiger partial charge < -0.3 is 5.11 Å². The fourth-order valence-corrected chi connectivity index (χ4v) is 3.30. The highest BCUT2D eigenvalue weighted by atomic mass is 16.4. The predicted octanol–water partition coefficient (Wildman–Crippen LogP) is 6.08. The highest BCUT2D eigenvalue weighted by molar-refractivity contribution is 5.69. The summed E-state index contributed by atoms with van der Waals surface area (Å²) in [6.45, 7) is 15.8. The number of hydrogen-bond donors (Lipinski definition) is 1. The highest BCUT2D eigenvalue weighted by Crippen LogP contribution is 2.18. The molecular weight excluding hydrogens is 310 g/mol. The van der Waals surface area contributed by atoms with Gasteiger partial charge in [0.1, 0.15) is 0 Å². The summed E-state index contributed by atoms with van der Waals surface area (Å²) in [7, 11) is 0. The molecule has 0 amide bonds. The monoisotopic (exact) mass is 355 g/mol. The van der Waals surface area contributed by atoms with Gasteiger partial charge in [-0.05, 0) is 49.6 Å². The molecule has 3 heteroatoms. The minimum Gasteiger partial charge on any atom is -0.480 e. The maximum Gasteiger partial charge on any atom is 0.317 e. The first-order chi connectivity index (χ1) is 11.7. The Balaban J connectivity index is 4.08. The summed E-state index contributed by atoms with van der Waals surface area (Å²) in [5.74, 6) is 2.26. The zero-order chi connectivity index (χ0) is 19.2. The Hall–Kier alpha value is -0.570. The maximum atomic E-state index is 11.2. The van der Waals surface area contributed by atoms with Gasteiger partial charge in [0.2, 0.25) is 0 Å². The lowest BCUT2D eigenvalue weighted by Crippen LogP contribution is -2.33. The van der Waals surface area contributed by atoms with Gasteiger partial charge in [0, 0.05) is 0 Å². The second-order valence-electron chi connectivity index (χ2n) is 9.11. The third-order valence-electron chi connectivity index (χ3n) is 5.19. The van der Waals surface area contributed by atoms with Crippen LogP contribution in [0.3, 0.4) is 0 Å². The van der Waals surface area contributed by atoms with E-state index in [-0.39, 0.29) is 6.54 Å². The van der Waals surface area contributed by atoms with Crippen LogP contribution in [0, 0.1) is 23.7 Å². The Bertz CT molecular complexity index is 304. The molecule has 0 aromatic rings. The van der Waals surface area contributed by atoms with E-state index in [0.717, 1.165) is 37.8 Å². The van der Waals surface area contributed by atoms with E-state index >= 15 is 0 Å². The number of rotatable bonds is 16. The van der Waals surface area contributed by atoms with Crippen molar-refractivity contribution in [3.05, 3.63) is 0 Å². The molecule has 0 radical (unpaired) electrons. The topological polar surface area (TPSA) is 40.5 Å². The first-order valence-corrected chi connectivity index (χ1v) is 10.6. The van der Waals surface area contributed by atoms with Gasteiger partial charge in [-0.25, -0.2) is 0 Å². The van der Waals surface area contributed by atoms with Crippen LogP contribution in [0.15, 0.2) is 0 Å². The Morgan fingerprint density at radius 3 is 1.44 bits per heavy atom. The molecule has 0 saturated carbocycles. The maximum absolute atomic E-state index is 11.2. The minimum absolute atomic E-state index is 0.192. The molecule has 0 heterocycles. The van der Waals surface area contributed by atoms with Crippen molar-refractivity contribution < 1.29 is 9.90 Å². The Morgan fingerprint density at radius 1 is 0.720 bits per heavy atom. The summed E-state index contributed by atoms with van der Waals surface area (Å²) in [6.07, 6.45) is 9.97. The molecule has 2 atom stereocenters. The molecule has 0 unspecified atom stereocenters. The van der Waals surface area contributed by atoms with Crippen LogP contribution in [0.2, 0.25) is 0 Å². The molecule has 0 aliphatic rings. The van der Waals surface area contributed by atoms with E-state index in [2.05, 4.69) is 46.4 Å². The summed E-state index contributed by atoms with van der Waals surface area (Å²) < 4.78 is 0. The molecule has 0 aliphatic carbocycles. The molecule has 0 aliphatic heterocycles. The average molecular weight is 356 g/mol. The van der Waals surface area contributed by atoms with Gasteiger partial charge in [-0.3, -0.25) is 9.69 Å². The van der Waals surface area contributed by atoms with Crippen molar-refractivity contribution in [3.8, 4) is 0 Å². The largest absolute Gasteiger partial charge is 0.480 e. The molecule has 0 rings (SSSR count). The fourth-order valence-electron chi connectivity index (χ4n) is 3.30. The molecule has 0 saturated heterocycles. The molecule has 0 spiro atoms. The SMILES string of the molecule is CC(C)CCC[C@@H](C)CCN(CC[C@H](C)CCCC(C)C)CC(=O)O. The Labute approximate surface area is 157 Å². The van der Waals surface area contributed by atoms with E-state index in [0.29, 0.717) is 11.8 Å². The van der Waals surface area contributed by atoms with Gasteiger partial charge in [0.15, 0.2) is 0 Å². The van der Waals surface area contributed by atoms with Crippen LogP contribution >= 0.6 is 0 Å². The zero-order valence-corrected chi connectivity index (χ0v) is 17.9. The molecule has 0 bridgehead atoms. The average Bonchev–Trinajstić information content (AvgIpc) is 2.48. The third kappa shape index (κ3) is 16.6. The van der Waals surface area contributed by atoms with Crippen LogP contribution < -0.4 is 0 Å². The first-order valence-electron chi connectivity index (χ1n) is 10.6. The molecule has 150 valence electrons. The van der Waals surface area contributed by atoms with Crippen molar-refractivity contribution in [1.29, 1.82) is 0 Å². The quantitative estimate of drug-likeness (QED) is 0.365. The van der Waals surface area contributed by atoms with Crippen LogP contribution in [0.5, 0.6) is 0 Å². The van der Waals surface area contributed by atoms with Gasteiger partial charge in [-0.2, -0.15) is 0 Å². The standard InChI is InChI=1S/C22H45NO2/c1-18(2)9-7-11-20(5)13-15-23(17-22(24)25)16-14-21(6)12-8-10-19(3)4/h18-21H,7-17H2,1-6H3,(H,24,25)/t20-,21-/m1/s1. The molecule has 25 heavy (non-hydrogen) atoms. The molecular formula is C22H45NO2. The first kappa shape index (κ1) is 24.4. The summed E-state index contributed by atoms with van der Waals surface area (Å²) in [5, 5.41) is 9.18. The van der Waals surface area contributed by atoms with Crippen LogP contribution in [-0.4, -0.2) is 35.6 Å². The lowest BCUT2D eigenvalue weighted by molar-refractivity contribution is -0.138. The second-order valence-corrected chi connectivity index (χ2v) is 9.11. The summed E-state index contributed by atoms with van der Waals surface area (Å²) in [5.41, 5.74) is 0. The lowest BCUT2D eigenvalue weighted by Gasteiger charge is -2.24. The van der Waals surface area contributed by atoms with Crippen LogP contribution in [0.25, 0.3) is 0 Å². The van der Waals surface area contributed by atoms with E-state index < -0.39 is 5.97 Å².